The molecule has 6 nitrogen and oxygen atoms in total. The van der Waals surface area contributed by atoms with E-state index in [0.29, 0.717) is 5.82 Å². The Balaban J connectivity index is 1.92. The maximum atomic E-state index is 11.6. The van der Waals surface area contributed by atoms with E-state index >= 15 is 0 Å². The van der Waals surface area contributed by atoms with Crippen molar-refractivity contribution in [2.75, 3.05) is 25.0 Å². The minimum absolute atomic E-state index is 0.270. The number of ether oxygens (including phenoxy) is 1. The lowest BCUT2D eigenvalue weighted by molar-refractivity contribution is 0.0635. The molecule has 1 atom stereocenters. The summed E-state index contributed by atoms with van der Waals surface area (Å²) in [5.41, 5.74) is 0.591. The first-order chi connectivity index (χ1) is 9.44. The zero-order valence-electron chi connectivity index (χ0n) is 12.2. The molecule has 2 rings (SSSR count). The van der Waals surface area contributed by atoms with Gasteiger partial charge in [0.1, 0.15) is 11.4 Å². The number of amides is 1. The maximum absolute atomic E-state index is 11.6. The van der Waals surface area contributed by atoms with Gasteiger partial charge in [-0.2, -0.15) is 0 Å². The lowest BCUT2D eigenvalue weighted by Gasteiger charge is -2.24. The second kappa shape index (κ2) is 6.19. The molecule has 1 aliphatic rings. The van der Waals surface area contributed by atoms with Gasteiger partial charge in [0.05, 0.1) is 0 Å². The summed E-state index contributed by atoms with van der Waals surface area (Å²) >= 11 is 0. The number of carbonyl (C=O) groups is 1. The van der Waals surface area contributed by atoms with Crippen molar-refractivity contribution >= 4 is 11.9 Å². The van der Waals surface area contributed by atoms with Crippen LogP contribution in [0.2, 0.25) is 0 Å². The molecule has 0 unspecified atom stereocenters. The van der Waals surface area contributed by atoms with Crippen molar-refractivity contribution < 1.29 is 9.53 Å². The molecule has 1 aliphatic heterocycles. The van der Waals surface area contributed by atoms with Gasteiger partial charge in [-0.05, 0) is 32.4 Å². The van der Waals surface area contributed by atoms with Gasteiger partial charge in [0.25, 0.3) is 0 Å². The summed E-state index contributed by atoms with van der Waals surface area (Å²) in [6.07, 6.45) is 1.28. The molecule has 0 saturated carbocycles. The van der Waals surface area contributed by atoms with Crippen LogP contribution in [0.4, 0.5) is 10.6 Å². The van der Waals surface area contributed by atoms with Crippen molar-refractivity contribution in [1.29, 1.82) is 0 Å². The Morgan fingerprint density at radius 1 is 1.40 bits per heavy atom. The number of nitrogens with one attached hydrogen (secondary N) is 3. The fraction of sp³-hybridized carbons (Fsp3) is 0.571. The van der Waals surface area contributed by atoms with Crippen LogP contribution in [0.1, 0.15) is 32.4 Å². The van der Waals surface area contributed by atoms with Gasteiger partial charge < -0.3 is 15.4 Å². The average Bonchev–Trinajstić information content (AvgIpc) is 2.38. The molecule has 1 amide bonds. The highest BCUT2D eigenvalue weighted by Gasteiger charge is 2.17. The van der Waals surface area contributed by atoms with E-state index in [0.717, 1.165) is 25.2 Å². The molecule has 0 aliphatic carbocycles. The highest BCUT2D eigenvalue weighted by Crippen LogP contribution is 2.15. The molecule has 0 aromatic carbocycles. The van der Waals surface area contributed by atoms with Gasteiger partial charge in [-0.3, -0.25) is 5.32 Å². The highest BCUT2D eigenvalue weighted by atomic mass is 16.6. The van der Waals surface area contributed by atoms with Crippen LogP contribution >= 0.6 is 0 Å². The van der Waals surface area contributed by atoms with Crippen LogP contribution in [0.3, 0.4) is 0 Å². The Morgan fingerprint density at radius 2 is 2.20 bits per heavy atom. The van der Waals surface area contributed by atoms with Gasteiger partial charge in [-0.25, -0.2) is 9.78 Å². The Bertz CT molecular complexity index is 447. The first-order valence-electron chi connectivity index (χ1n) is 6.84. The fourth-order valence-electron chi connectivity index (χ4n) is 1.98. The number of hydrogen-bond acceptors (Lipinski definition) is 5. The highest BCUT2D eigenvalue weighted by molar-refractivity contribution is 5.83. The summed E-state index contributed by atoms with van der Waals surface area (Å²) in [6, 6.07) is 4.02. The molecule has 0 radical (unpaired) electrons. The molecule has 0 spiro atoms. The zero-order chi connectivity index (χ0) is 14.6. The van der Waals surface area contributed by atoms with Crippen LogP contribution in [-0.2, 0) is 4.74 Å². The molecule has 20 heavy (non-hydrogen) atoms. The van der Waals surface area contributed by atoms with Crippen molar-refractivity contribution in [1.82, 2.24) is 15.6 Å². The standard InChI is InChI=1S/C14H22N4O2/c1-14(2,3)20-13(19)18-12-5-4-10(8-17-12)11-9-15-6-7-16-11/h4-5,8,11,15-16H,6-7,9H2,1-3H3,(H,17,18,19)/t11-/m0/s1. The molecule has 3 N–H and O–H groups in total. The van der Waals surface area contributed by atoms with Crippen molar-refractivity contribution in [2.45, 2.75) is 32.4 Å². The number of rotatable bonds is 2. The summed E-state index contributed by atoms with van der Waals surface area (Å²) in [5, 5.41) is 9.36. The van der Waals surface area contributed by atoms with E-state index in [2.05, 4.69) is 20.9 Å². The third-order valence-electron chi connectivity index (χ3n) is 2.86. The van der Waals surface area contributed by atoms with Crippen LogP contribution < -0.4 is 16.0 Å². The Morgan fingerprint density at radius 3 is 2.75 bits per heavy atom. The van der Waals surface area contributed by atoms with E-state index in [-0.39, 0.29) is 6.04 Å². The maximum Gasteiger partial charge on any atom is 0.413 e. The smallest absolute Gasteiger partial charge is 0.413 e. The Hall–Kier alpha value is -1.66. The molecule has 6 heteroatoms. The first kappa shape index (κ1) is 14.7. The van der Waals surface area contributed by atoms with Gasteiger partial charge >= 0.3 is 6.09 Å². The van der Waals surface area contributed by atoms with Gasteiger partial charge in [0, 0.05) is 31.9 Å². The topological polar surface area (TPSA) is 75.3 Å². The minimum Gasteiger partial charge on any atom is -0.444 e. The average molecular weight is 278 g/mol. The number of hydrogen-bond donors (Lipinski definition) is 3. The summed E-state index contributed by atoms with van der Waals surface area (Å²) < 4.78 is 5.18. The lowest BCUT2D eigenvalue weighted by Crippen LogP contribution is -2.42. The van der Waals surface area contributed by atoms with Gasteiger partial charge in [-0.1, -0.05) is 6.07 Å². The Labute approximate surface area is 119 Å². The second-order valence-electron chi connectivity index (χ2n) is 5.81. The predicted octanol–water partition coefficient (Wildman–Crippen LogP) is 1.66. The summed E-state index contributed by atoms with van der Waals surface area (Å²) in [7, 11) is 0. The lowest BCUT2D eigenvalue weighted by atomic mass is 10.1. The number of carbonyl (C=O) groups excluding carboxylic acids is 1. The second-order valence-corrected chi connectivity index (χ2v) is 5.81. The van der Waals surface area contributed by atoms with E-state index in [1.807, 2.05) is 26.8 Å². The molecular weight excluding hydrogens is 256 g/mol. The predicted molar refractivity (Wildman–Crippen MR) is 77.7 cm³/mol. The number of piperazine rings is 1. The summed E-state index contributed by atoms with van der Waals surface area (Å²) in [6.45, 7) is 8.30. The van der Waals surface area contributed by atoms with Crippen molar-refractivity contribution in [2.24, 2.45) is 0 Å². The van der Waals surface area contributed by atoms with Crippen LogP contribution in [0.5, 0.6) is 0 Å². The zero-order valence-corrected chi connectivity index (χ0v) is 12.2. The third kappa shape index (κ3) is 4.47. The van der Waals surface area contributed by atoms with Crippen molar-refractivity contribution in [3.05, 3.63) is 23.9 Å². The Kier molecular flexibility index (Phi) is 4.57. The molecule has 1 fully saturated rings. The van der Waals surface area contributed by atoms with Gasteiger partial charge in [0.2, 0.25) is 0 Å². The van der Waals surface area contributed by atoms with Crippen molar-refractivity contribution in [3.63, 3.8) is 0 Å². The molecule has 0 bridgehead atoms. The molecule has 110 valence electrons. The normalized spacial score (nSPS) is 19.4. The van der Waals surface area contributed by atoms with Crippen LogP contribution in [-0.4, -0.2) is 36.3 Å². The number of nitrogens with zero attached hydrogens (tertiary/aromatic N) is 1. The number of anilines is 1. The van der Waals surface area contributed by atoms with Crippen LogP contribution in [0.15, 0.2) is 18.3 Å². The quantitative estimate of drug-likeness (QED) is 0.767. The van der Waals surface area contributed by atoms with Crippen LogP contribution in [0, 0.1) is 0 Å². The molecule has 1 aromatic heterocycles. The summed E-state index contributed by atoms with van der Waals surface area (Å²) in [5.74, 6) is 0.492. The number of aromatic nitrogens is 1. The summed E-state index contributed by atoms with van der Waals surface area (Å²) in [4.78, 5) is 15.9. The van der Waals surface area contributed by atoms with E-state index in [1.54, 1.807) is 12.3 Å². The minimum atomic E-state index is -0.512. The molecule has 2 heterocycles. The first-order valence-corrected chi connectivity index (χ1v) is 6.84. The molecule has 1 aromatic rings. The van der Waals surface area contributed by atoms with Crippen LogP contribution in [0.25, 0.3) is 0 Å². The molecule has 1 saturated heterocycles. The third-order valence-corrected chi connectivity index (χ3v) is 2.86. The number of pyridine rings is 1. The van der Waals surface area contributed by atoms with Gasteiger partial charge in [-0.15, -0.1) is 0 Å². The molecular formula is C14H22N4O2. The van der Waals surface area contributed by atoms with E-state index in [1.165, 1.54) is 0 Å². The van der Waals surface area contributed by atoms with E-state index in [4.69, 9.17) is 4.74 Å². The fourth-order valence-corrected chi connectivity index (χ4v) is 1.98. The SMILES string of the molecule is CC(C)(C)OC(=O)Nc1ccc([C@@H]2CNCCN2)cn1. The van der Waals surface area contributed by atoms with E-state index in [9.17, 15) is 4.79 Å². The largest absolute Gasteiger partial charge is 0.444 e. The monoisotopic (exact) mass is 278 g/mol. The van der Waals surface area contributed by atoms with Crippen molar-refractivity contribution in [3.8, 4) is 0 Å². The van der Waals surface area contributed by atoms with E-state index < -0.39 is 11.7 Å². The van der Waals surface area contributed by atoms with Gasteiger partial charge in [0.15, 0.2) is 0 Å².